The molecule has 0 saturated carbocycles. The van der Waals surface area contributed by atoms with E-state index in [4.69, 9.17) is 16.3 Å². The Balaban J connectivity index is 1.65. The van der Waals surface area contributed by atoms with Crippen LogP contribution in [0.4, 0.5) is 10.2 Å². The number of hydrogen-bond acceptors (Lipinski definition) is 5. The van der Waals surface area contributed by atoms with E-state index in [0.29, 0.717) is 11.6 Å². The molecule has 1 aliphatic rings. The van der Waals surface area contributed by atoms with Gasteiger partial charge < -0.3 is 15.0 Å². The largest absolute Gasteiger partial charge is 0.481 e. The number of pyridine rings is 2. The van der Waals surface area contributed by atoms with E-state index in [2.05, 4.69) is 22.2 Å². The van der Waals surface area contributed by atoms with Crippen molar-refractivity contribution >= 4 is 23.3 Å². The molecule has 3 rings (SSSR count). The Bertz CT molecular complexity index is 955. The minimum atomic E-state index is -0.633. The van der Waals surface area contributed by atoms with Gasteiger partial charge >= 0.3 is 0 Å². The second kappa shape index (κ2) is 8.76. The molecule has 2 aromatic rings. The summed E-state index contributed by atoms with van der Waals surface area (Å²) in [4.78, 5) is 23.0. The molecule has 0 fully saturated rings. The van der Waals surface area contributed by atoms with E-state index in [9.17, 15) is 9.18 Å². The standard InChI is InChI=1S/C22H28ClFN4O2/c1-13(16-11-19(30-5)25-12-18(16)24)21(29)28(4)9-8-22(3)7-6-15-10-17(23)14(2)26-20(15)27-22/h10-13H,6-9H2,1-5H3,(H,26,27)/t13-,22-/m1/s1. The van der Waals surface area contributed by atoms with Crippen LogP contribution in [0.15, 0.2) is 18.3 Å². The van der Waals surface area contributed by atoms with E-state index in [1.165, 1.54) is 13.2 Å². The topological polar surface area (TPSA) is 67.3 Å². The van der Waals surface area contributed by atoms with Gasteiger partial charge in [0.1, 0.15) is 11.6 Å². The molecule has 162 valence electrons. The number of rotatable bonds is 6. The van der Waals surface area contributed by atoms with E-state index < -0.39 is 11.7 Å². The van der Waals surface area contributed by atoms with Gasteiger partial charge in [-0.1, -0.05) is 11.6 Å². The first-order chi connectivity index (χ1) is 14.1. The second-order valence-electron chi connectivity index (χ2n) is 8.23. The molecule has 0 bridgehead atoms. The number of aromatic nitrogens is 2. The van der Waals surface area contributed by atoms with Crippen LogP contribution in [0.1, 0.15) is 49.4 Å². The summed E-state index contributed by atoms with van der Waals surface area (Å²) in [5, 5.41) is 4.21. The summed E-state index contributed by atoms with van der Waals surface area (Å²) < 4.78 is 19.3. The van der Waals surface area contributed by atoms with Gasteiger partial charge in [-0.3, -0.25) is 4.79 Å². The van der Waals surface area contributed by atoms with Gasteiger partial charge in [0.2, 0.25) is 11.8 Å². The summed E-state index contributed by atoms with van der Waals surface area (Å²) in [6.07, 6.45) is 3.62. The third-order valence-electron chi connectivity index (χ3n) is 5.88. The predicted molar refractivity (Wildman–Crippen MR) is 116 cm³/mol. The lowest BCUT2D eigenvalue weighted by atomic mass is 9.86. The maximum absolute atomic E-state index is 14.2. The van der Waals surface area contributed by atoms with Crippen molar-refractivity contribution in [1.82, 2.24) is 14.9 Å². The van der Waals surface area contributed by atoms with Crippen molar-refractivity contribution in [2.24, 2.45) is 0 Å². The molecule has 0 radical (unpaired) electrons. The van der Waals surface area contributed by atoms with Gasteiger partial charge in [0.25, 0.3) is 0 Å². The average Bonchev–Trinajstić information content (AvgIpc) is 2.72. The third-order valence-corrected chi connectivity index (χ3v) is 6.26. The minimum Gasteiger partial charge on any atom is -0.481 e. The maximum Gasteiger partial charge on any atom is 0.229 e. The van der Waals surface area contributed by atoms with E-state index in [1.807, 2.05) is 13.0 Å². The Morgan fingerprint density at radius 2 is 2.20 bits per heavy atom. The fourth-order valence-electron chi connectivity index (χ4n) is 3.73. The number of ether oxygens (including phenoxy) is 1. The van der Waals surface area contributed by atoms with Gasteiger partial charge in [0.05, 0.1) is 29.9 Å². The zero-order valence-electron chi connectivity index (χ0n) is 18.1. The highest BCUT2D eigenvalue weighted by atomic mass is 35.5. The number of amides is 1. The fourth-order valence-corrected chi connectivity index (χ4v) is 3.90. The van der Waals surface area contributed by atoms with Gasteiger partial charge in [-0.25, -0.2) is 14.4 Å². The molecular weight excluding hydrogens is 407 g/mol. The van der Waals surface area contributed by atoms with E-state index in [-0.39, 0.29) is 22.9 Å². The summed E-state index contributed by atoms with van der Waals surface area (Å²) in [5.74, 6) is -0.148. The predicted octanol–water partition coefficient (Wildman–Crippen LogP) is 4.36. The molecule has 0 spiro atoms. The van der Waals surface area contributed by atoms with Crippen molar-refractivity contribution in [3.8, 4) is 5.88 Å². The lowest BCUT2D eigenvalue weighted by Gasteiger charge is -2.38. The van der Waals surface area contributed by atoms with Crippen LogP contribution in [0.25, 0.3) is 0 Å². The third kappa shape index (κ3) is 4.67. The van der Waals surface area contributed by atoms with Crippen molar-refractivity contribution in [1.29, 1.82) is 0 Å². The lowest BCUT2D eigenvalue weighted by molar-refractivity contribution is -0.131. The van der Waals surface area contributed by atoms with E-state index >= 15 is 0 Å². The zero-order chi connectivity index (χ0) is 22.1. The number of methoxy groups -OCH3 is 1. The zero-order valence-corrected chi connectivity index (χ0v) is 18.8. The van der Waals surface area contributed by atoms with E-state index in [1.54, 1.807) is 18.9 Å². The number of carbonyl (C=O) groups excluding carboxylic acids is 1. The Kier molecular flexibility index (Phi) is 6.50. The first kappa shape index (κ1) is 22.3. The normalized spacial score (nSPS) is 18.9. The molecule has 0 aliphatic carbocycles. The van der Waals surface area contributed by atoms with Crippen molar-refractivity contribution in [3.05, 3.63) is 46.0 Å². The molecule has 3 heterocycles. The molecule has 8 heteroatoms. The second-order valence-corrected chi connectivity index (χ2v) is 8.64. The smallest absolute Gasteiger partial charge is 0.229 e. The number of aryl methyl sites for hydroxylation is 2. The van der Waals surface area contributed by atoms with Crippen LogP contribution < -0.4 is 10.1 Å². The summed E-state index contributed by atoms with van der Waals surface area (Å²) in [5.41, 5.74) is 2.00. The molecule has 1 aliphatic heterocycles. The highest BCUT2D eigenvalue weighted by molar-refractivity contribution is 6.31. The van der Waals surface area contributed by atoms with Gasteiger partial charge in [0, 0.05) is 30.8 Å². The molecule has 0 aromatic carbocycles. The van der Waals surface area contributed by atoms with Gasteiger partial charge in [-0.2, -0.15) is 0 Å². The number of nitrogens with zero attached hydrogens (tertiary/aromatic N) is 3. The molecule has 0 unspecified atom stereocenters. The van der Waals surface area contributed by atoms with Crippen LogP contribution in [-0.2, 0) is 11.2 Å². The number of fused-ring (bicyclic) bond motifs is 1. The molecule has 1 N–H and O–H groups in total. The first-order valence-electron chi connectivity index (χ1n) is 10.0. The Morgan fingerprint density at radius 3 is 2.90 bits per heavy atom. The van der Waals surface area contributed by atoms with Crippen molar-refractivity contribution < 1.29 is 13.9 Å². The highest BCUT2D eigenvalue weighted by Crippen LogP contribution is 2.34. The molecule has 2 atom stereocenters. The van der Waals surface area contributed by atoms with Crippen LogP contribution >= 0.6 is 11.6 Å². The maximum atomic E-state index is 14.2. The van der Waals surface area contributed by atoms with Crippen molar-refractivity contribution in [3.63, 3.8) is 0 Å². The average molecular weight is 435 g/mol. The van der Waals surface area contributed by atoms with Gasteiger partial charge in [-0.15, -0.1) is 0 Å². The monoisotopic (exact) mass is 434 g/mol. The summed E-state index contributed by atoms with van der Waals surface area (Å²) in [7, 11) is 3.21. The number of halogens is 2. The molecular formula is C22H28ClFN4O2. The van der Waals surface area contributed by atoms with Crippen LogP contribution in [0.3, 0.4) is 0 Å². The number of likely N-dealkylation sites (N-methyl/N-ethyl adjacent to an activating group) is 1. The molecule has 2 aromatic heterocycles. The molecule has 6 nitrogen and oxygen atoms in total. The first-order valence-corrected chi connectivity index (χ1v) is 10.4. The Morgan fingerprint density at radius 1 is 1.47 bits per heavy atom. The van der Waals surface area contributed by atoms with Crippen LogP contribution in [0.5, 0.6) is 5.88 Å². The Hall–Kier alpha value is -2.41. The highest BCUT2D eigenvalue weighted by Gasteiger charge is 2.32. The number of anilines is 1. The Labute approximate surface area is 181 Å². The van der Waals surface area contributed by atoms with Crippen LogP contribution in [-0.4, -0.2) is 47.0 Å². The van der Waals surface area contributed by atoms with Crippen LogP contribution in [0, 0.1) is 12.7 Å². The van der Waals surface area contributed by atoms with E-state index in [0.717, 1.165) is 42.5 Å². The van der Waals surface area contributed by atoms with Gasteiger partial charge in [0.15, 0.2) is 0 Å². The quantitative estimate of drug-likeness (QED) is 0.731. The molecule has 1 amide bonds. The minimum absolute atomic E-state index is 0.150. The van der Waals surface area contributed by atoms with Gasteiger partial charge in [-0.05, 0) is 51.7 Å². The fraction of sp³-hybridized carbons (Fsp3) is 0.500. The summed E-state index contributed by atoms with van der Waals surface area (Å²) in [6, 6.07) is 3.45. The summed E-state index contributed by atoms with van der Waals surface area (Å²) >= 11 is 6.19. The molecule has 0 saturated heterocycles. The summed E-state index contributed by atoms with van der Waals surface area (Å²) in [6.45, 7) is 6.26. The number of nitrogens with one attached hydrogen (secondary N) is 1. The van der Waals surface area contributed by atoms with Crippen molar-refractivity contribution in [2.75, 3.05) is 26.0 Å². The molecule has 30 heavy (non-hydrogen) atoms. The number of hydrogen-bond donors (Lipinski definition) is 1. The van der Waals surface area contributed by atoms with Crippen molar-refractivity contribution in [2.45, 2.75) is 51.5 Å². The lowest BCUT2D eigenvalue weighted by Crippen LogP contribution is -2.43. The SMILES string of the molecule is COc1cc([C@@H](C)C(=O)N(C)CC[C@@]2(C)CCc3cc(Cl)c(C)nc3N2)c(F)cn1. The van der Waals surface area contributed by atoms with Crippen LogP contribution in [0.2, 0.25) is 5.02 Å². The number of carbonyl (C=O) groups is 1.